The van der Waals surface area contributed by atoms with Gasteiger partial charge in [-0.1, -0.05) is 12.1 Å². The second-order valence-corrected chi connectivity index (χ2v) is 8.85. The summed E-state index contributed by atoms with van der Waals surface area (Å²) in [6.07, 6.45) is 2.96. The van der Waals surface area contributed by atoms with Crippen molar-refractivity contribution in [2.24, 2.45) is 5.73 Å². The second-order valence-electron chi connectivity index (χ2n) is 5.97. The Labute approximate surface area is 145 Å². The van der Waals surface area contributed by atoms with E-state index in [0.717, 1.165) is 35.7 Å². The summed E-state index contributed by atoms with van der Waals surface area (Å²) in [5, 5.41) is 2.80. The van der Waals surface area contributed by atoms with Crippen LogP contribution in [0.2, 0.25) is 0 Å². The van der Waals surface area contributed by atoms with Crippen LogP contribution in [0.3, 0.4) is 0 Å². The third kappa shape index (κ3) is 3.66. The van der Waals surface area contributed by atoms with E-state index in [2.05, 4.69) is 9.88 Å². The van der Waals surface area contributed by atoms with Crippen LogP contribution in [-0.4, -0.2) is 43.1 Å². The third-order valence-corrected chi connectivity index (χ3v) is 6.21. The van der Waals surface area contributed by atoms with Crippen molar-refractivity contribution in [2.75, 3.05) is 12.8 Å². The molecule has 8 heteroatoms. The molecule has 0 aliphatic carbocycles. The van der Waals surface area contributed by atoms with Crippen molar-refractivity contribution in [1.29, 1.82) is 0 Å². The van der Waals surface area contributed by atoms with Crippen LogP contribution in [0.1, 0.15) is 18.5 Å². The third-order valence-electron chi connectivity index (χ3n) is 4.14. The number of hydrogen-bond acceptors (Lipinski definition) is 6. The minimum atomic E-state index is -3.19. The van der Waals surface area contributed by atoms with Gasteiger partial charge in [0, 0.05) is 23.7 Å². The van der Waals surface area contributed by atoms with Gasteiger partial charge in [0.05, 0.1) is 16.6 Å². The molecule has 2 aromatic rings. The molecule has 6 nitrogen and oxygen atoms in total. The Kier molecular flexibility index (Phi) is 4.71. The Morgan fingerprint density at radius 3 is 2.71 bits per heavy atom. The molecule has 0 radical (unpaired) electrons. The lowest BCUT2D eigenvalue weighted by atomic mass is 10.2. The van der Waals surface area contributed by atoms with Gasteiger partial charge in [-0.15, -0.1) is 11.3 Å². The zero-order chi connectivity index (χ0) is 17.3. The van der Waals surface area contributed by atoms with Gasteiger partial charge >= 0.3 is 0 Å². The summed E-state index contributed by atoms with van der Waals surface area (Å²) in [5.41, 5.74) is 7.22. The molecule has 1 aliphatic heterocycles. The van der Waals surface area contributed by atoms with E-state index in [-0.39, 0.29) is 11.9 Å². The lowest BCUT2D eigenvalue weighted by Gasteiger charge is -2.20. The number of primary amides is 1. The van der Waals surface area contributed by atoms with Crippen molar-refractivity contribution in [3.05, 3.63) is 35.3 Å². The molecule has 1 aliphatic rings. The van der Waals surface area contributed by atoms with E-state index < -0.39 is 9.84 Å². The Morgan fingerprint density at radius 2 is 2.08 bits per heavy atom. The van der Waals surface area contributed by atoms with Crippen molar-refractivity contribution in [3.63, 3.8) is 0 Å². The number of carbonyl (C=O) groups excluding carboxylic acids is 1. The molecule has 2 heterocycles. The molecule has 2 N–H and O–H groups in total. The van der Waals surface area contributed by atoms with Crippen molar-refractivity contribution in [2.45, 2.75) is 30.3 Å². The fraction of sp³-hybridized carbons (Fsp3) is 0.375. The van der Waals surface area contributed by atoms with Crippen LogP contribution in [-0.2, 0) is 21.2 Å². The molecule has 1 fully saturated rings. The van der Waals surface area contributed by atoms with Gasteiger partial charge in [-0.25, -0.2) is 13.4 Å². The molecule has 128 valence electrons. The molecule has 1 saturated heterocycles. The Balaban J connectivity index is 1.75. The van der Waals surface area contributed by atoms with Crippen LogP contribution in [0, 0.1) is 0 Å². The number of carbonyl (C=O) groups is 1. The first-order chi connectivity index (χ1) is 11.3. The van der Waals surface area contributed by atoms with E-state index in [4.69, 9.17) is 5.73 Å². The Hall–Kier alpha value is -1.77. The molecule has 1 amide bonds. The predicted octanol–water partition coefficient (Wildman–Crippen LogP) is 1.66. The second kappa shape index (κ2) is 6.62. The predicted molar refractivity (Wildman–Crippen MR) is 93.3 cm³/mol. The Morgan fingerprint density at radius 1 is 1.38 bits per heavy atom. The number of benzene rings is 1. The summed E-state index contributed by atoms with van der Waals surface area (Å²) in [5.74, 6) is -0.278. The average Bonchev–Trinajstić information content (AvgIpc) is 3.16. The molecular formula is C16H19N3O3S2. The highest BCUT2D eigenvalue weighted by Gasteiger charge is 2.29. The summed E-state index contributed by atoms with van der Waals surface area (Å²) < 4.78 is 23.0. The lowest BCUT2D eigenvalue weighted by molar-refractivity contribution is -0.122. The molecule has 1 aromatic heterocycles. The first-order valence-corrected chi connectivity index (χ1v) is 10.4. The number of likely N-dealkylation sites (tertiary alicyclic amines) is 1. The van der Waals surface area contributed by atoms with Gasteiger partial charge in [0.1, 0.15) is 5.01 Å². The van der Waals surface area contributed by atoms with Crippen molar-refractivity contribution < 1.29 is 13.2 Å². The molecule has 3 rings (SSSR count). The number of amides is 1. The highest BCUT2D eigenvalue weighted by molar-refractivity contribution is 7.90. The van der Waals surface area contributed by atoms with Gasteiger partial charge in [0.2, 0.25) is 5.91 Å². The molecule has 0 spiro atoms. The van der Waals surface area contributed by atoms with E-state index >= 15 is 0 Å². The van der Waals surface area contributed by atoms with Crippen LogP contribution < -0.4 is 5.73 Å². The smallest absolute Gasteiger partial charge is 0.234 e. The number of thiazole rings is 1. The van der Waals surface area contributed by atoms with Gasteiger partial charge < -0.3 is 5.73 Å². The summed E-state index contributed by atoms with van der Waals surface area (Å²) >= 11 is 1.51. The van der Waals surface area contributed by atoms with Gasteiger partial charge in [0.15, 0.2) is 9.84 Å². The maximum Gasteiger partial charge on any atom is 0.234 e. The van der Waals surface area contributed by atoms with Crippen LogP contribution in [0.4, 0.5) is 0 Å². The first-order valence-electron chi connectivity index (χ1n) is 7.63. The minimum Gasteiger partial charge on any atom is -0.368 e. The minimum absolute atomic E-state index is 0.204. The molecule has 0 bridgehead atoms. The van der Waals surface area contributed by atoms with E-state index in [0.29, 0.717) is 11.4 Å². The maximum atomic E-state index is 11.5. The SMILES string of the molecule is CS(=O)(=O)c1ccc(-c2nc(CN3CCCC3C(N)=O)cs2)cc1. The van der Waals surface area contributed by atoms with Gasteiger partial charge in [-0.3, -0.25) is 9.69 Å². The monoisotopic (exact) mass is 365 g/mol. The quantitative estimate of drug-likeness (QED) is 0.870. The average molecular weight is 365 g/mol. The van der Waals surface area contributed by atoms with E-state index in [1.54, 1.807) is 24.3 Å². The maximum absolute atomic E-state index is 11.5. The highest BCUT2D eigenvalue weighted by Crippen LogP contribution is 2.27. The number of nitrogens with two attached hydrogens (primary N) is 1. The van der Waals surface area contributed by atoms with E-state index in [1.807, 2.05) is 5.38 Å². The standard InChI is InChI=1S/C16H19N3O3S2/c1-24(21,22)13-6-4-11(5-7-13)16-18-12(10-23-16)9-19-8-2-3-14(19)15(17)20/h4-7,10,14H,2-3,8-9H2,1H3,(H2,17,20). The number of aromatic nitrogens is 1. The first kappa shape index (κ1) is 17.1. The number of nitrogens with zero attached hydrogens (tertiary/aromatic N) is 2. The Bertz CT molecular complexity index is 844. The molecular weight excluding hydrogens is 346 g/mol. The fourth-order valence-corrected chi connectivity index (χ4v) is 4.35. The number of rotatable bonds is 5. The summed E-state index contributed by atoms with van der Waals surface area (Å²) in [4.78, 5) is 18.4. The van der Waals surface area contributed by atoms with Crippen LogP contribution >= 0.6 is 11.3 Å². The molecule has 24 heavy (non-hydrogen) atoms. The molecule has 1 aromatic carbocycles. The van der Waals surface area contributed by atoms with E-state index in [9.17, 15) is 13.2 Å². The van der Waals surface area contributed by atoms with E-state index in [1.165, 1.54) is 17.6 Å². The van der Waals surface area contributed by atoms with Crippen molar-refractivity contribution in [1.82, 2.24) is 9.88 Å². The van der Waals surface area contributed by atoms with Crippen LogP contribution in [0.25, 0.3) is 10.6 Å². The summed E-state index contributed by atoms with van der Waals surface area (Å²) in [6.45, 7) is 1.45. The zero-order valence-corrected chi connectivity index (χ0v) is 14.9. The van der Waals surface area contributed by atoms with Crippen molar-refractivity contribution >= 4 is 27.1 Å². The van der Waals surface area contributed by atoms with Crippen LogP contribution in [0.5, 0.6) is 0 Å². The molecule has 1 atom stereocenters. The molecule has 1 unspecified atom stereocenters. The van der Waals surface area contributed by atoms with Gasteiger partial charge in [-0.2, -0.15) is 0 Å². The summed E-state index contributed by atoms with van der Waals surface area (Å²) in [6, 6.07) is 6.51. The van der Waals surface area contributed by atoms with Gasteiger partial charge in [0.25, 0.3) is 0 Å². The normalized spacial score (nSPS) is 18.8. The summed E-state index contributed by atoms with van der Waals surface area (Å²) in [7, 11) is -3.19. The zero-order valence-electron chi connectivity index (χ0n) is 13.3. The number of sulfone groups is 1. The highest BCUT2D eigenvalue weighted by atomic mass is 32.2. The molecule has 0 saturated carbocycles. The largest absolute Gasteiger partial charge is 0.368 e. The topological polar surface area (TPSA) is 93.4 Å². The van der Waals surface area contributed by atoms with Crippen LogP contribution in [0.15, 0.2) is 34.5 Å². The van der Waals surface area contributed by atoms with Crippen molar-refractivity contribution in [3.8, 4) is 10.6 Å². The fourth-order valence-electron chi connectivity index (χ4n) is 2.90. The number of hydrogen-bond donors (Lipinski definition) is 1. The lowest BCUT2D eigenvalue weighted by Crippen LogP contribution is -2.39. The van der Waals surface area contributed by atoms with Gasteiger partial charge in [-0.05, 0) is 31.5 Å².